The number of benzene rings is 13. The van der Waals surface area contributed by atoms with Crippen molar-refractivity contribution in [2.75, 3.05) is 9.80 Å². The van der Waals surface area contributed by atoms with Crippen LogP contribution in [-0.4, -0.2) is 18.0 Å². The first-order valence-corrected chi connectivity index (χ1v) is 29.0. The lowest BCUT2D eigenvalue weighted by Crippen LogP contribution is -2.63. The van der Waals surface area contributed by atoms with Crippen molar-refractivity contribution in [3.05, 3.63) is 297 Å². The van der Waals surface area contributed by atoms with E-state index in [1.165, 1.54) is 138 Å². The van der Waals surface area contributed by atoms with Crippen molar-refractivity contribution in [2.24, 2.45) is 0 Å². The minimum atomic E-state index is -0.160. The van der Waals surface area contributed by atoms with Crippen LogP contribution in [0.15, 0.2) is 297 Å². The van der Waals surface area contributed by atoms with E-state index in [1.807, 2.05) is 0 Å². The van der Waals surface area contributed by atoms with Gasteiger partial charge in [-0.3, -0.25) is 0 Å². The van der Waals surface area contributed by atoms with Crippen molar-refractivity contribution in [3.8, 4) is 72.4 Å². The monoisotopic (exact) mass is 1050 g/mol. The number of fused-ring (bicyclic) bond motifs is 13. The second-order valence-electron chi connectivity index (χ2n) is 22.7. The quantitative estimate of drug-likeness (QED) is 0.141. The van der Waals surface area contributed by atoms with E-state index in [4.69, 9.17) is 0 Å². The van der Waals surface area contributed by atoms with Crippen LogP contribution >= 0.6 is 0 Å². The highest BCUT2D eigenvalue weighted by Crippen LogP contribution is 2.52. The summed E-state index contributed by atoms with van der Waals surface area (Å²) >= 11 is 0. The predicted molar refractivity (Wildman–Crippen MR) is 352 cm³/mol. The van der Waals surface area contributed by atoms with Crippen LogP contribution in [0.2, 0.25) is 0 Å². The third-order valence-corrected chi connectivity index (χ3v) is 18.3. The molecule has 0 saturated carbocycles. The summed E-state index contributed by atoms with van der Waals surface area (Å²) in [5, 5.41) is 2.46. The molecule has 0 spiro atoms. The van der Waals surface area contributed by atoms with Gasteiger partial charge in [0.2, 0.25) is 6.71 Å². The molecule has 13 aromatic carbocycles. The van der Waals surface area contributed by atoms with Crippen LogP contribution in [0, 0.1) is 0 Å². The molecule has 0 radical (unpaired) electrons. The summed E-state index contributed by atoms with van der Waals surface area (Å²) in [6.45, 7) is -0.246. The molecular formula is C78H49B2N3. The highest BCUT2D eigenvalue weighted by Gasteiger charge is 2.52. The number of rotatable bonds is 8. The van der Waals surface area contributed by atoms with Gasteiger partial charge in [-0.1, -0.05) is 229 Å². The Kier molecular flexibility index (Phi) is 9.98. The molecule has 0 saturated heterocycles. The molecule has 3 nitrogen and oxygen atoms in total. The average Bonchev–Trinajstić information content (AvgIpc) is 1.66. The molecule has 1 aromatic heterocycles. The van der Waals surface area contributed by atoms with Gasteiger partial charge in [0.15, 0.2) is 0 Å². The molecule has 4 aliphatic rings. The molecule has 0 aliphatic carbocycles. The Bertz CT molecular complexity index is 4820. The SMILES string of the molecule is c1ccc(-c2ccc3c(c2)-c2cc(-c4ccccc4)cc4c2B3c2cc(-n3c5ccccc5c5ccccc53)c(N(c3ccccc3)c3ccccc3)c3c2N4c2cc(-c4ccccc4)cc4c2B3c2ccc(-c3ccccc3)cc2-4)cc1. The molecule has 0 unspecified atom stereocenters. The molecule has 4 aliphatic heterocycles. The molecular weight excluding hydrogens is 1000 g/mol. The first kappa shape index (κ1) is 46.2. The molecule has 83 heavy (non-hydrogen) atoms. The van der Waals surface area contributed by atoms with Gasteiger partial charge >= 0.3 is 0 Å². The average molecular weight is 1050 g/mol. The molecule has 18 rings (SSSR count). The largest absolute Gasteiger partial charge is 0.312 e. The van der Waals surface area contributed by atoms with Crippen LogP contribution in [0.5, 0.6) is 0 Å². The van der Waals surface area contributed by atoms with Gasteiger partial charge in [-0.25, -0.2) is 0 Å². The Balaban J connectivity index is 1.06. The summed E-state index contributed by atoms with van der Waals surface area (Å²) in [5.74, 6) is 0. The Morgan fingerprint density at radius 3 is 1.12 bits per heavy atom. The van der Waals surface area contributed by atoms with E-state index in [1.54, 1.807) is 0 Å². The molecule has 382 valence electrons. The minimum Gasteiger partial charge on any atom is -0.312 e. The van der Waals surface area contributed by atoms with Crippen LogP contribution in [0.3, 0.4) is 0 Å². The van der Waals surface area contributed by atoms with E-state index in [-0.39, 0.29) is 13.4 Å². The lowest BCUT2D eigenvalue weighted by molar-refractivity contribution is 1.15. The van der Waals surface area contributed by atoms with E-state index in [9.17, 15) is 0 Å². The summed E-state index contributed by atoms with van der Waals surface area (Å²) in [4.78, 5) is 5.33. The van der Waals surface area contributed by atoms with E-state index >= 15 is 0 Å². The second kappa shape index (κ2) is 17.9. The first-order valence-electron chi connectivity index (χ1n) is 29.0. The Labute approximate surface area is 483 Å². The van der Waals surface area contributed by atoms with Gasteiger partial charge in [0.1, 0.15) is 0 Å². The van der Waals surface area contributed by atoms with Crippen molar-refractivity contribution in [1.29, 1.82) is 0 Å². The van der Waals surface area contributed by atoms with Gasteiger partial charge in [-0.2, -0.15) is 0 Å². The number of anilines is 6. The number of aromatic nitrogens is 1. The summed E-state index contributed by atoms with van der Waals surface area (Å²) < 4.78 is 2.60. The fourth-order valence-corrected chi connectivity index (χ4v) is 14.9. The fraction of sp³-hybridized carbons (Fsp3) is 0. The van der Waals surface area contributed by atoms with Gasteiger partial charge in [0, 0.05) is 39.2 Å². The summed E-state index contributed by atoms with van der Waals surface area (Å²) in [6.07, 6.45) is 0. The summed E-state index contributed by atoms with van der Waals surface area (Å²) in [6, 6.07) is 112. The van der Waals surface area contributed by atoms with Crippen LogP contribution in [0.25, 0.3) is 94.3 Å². The van der Waals surface area contributed by atoms with Crippen molar-refractivity contribution in [3.63, 3.8) is 0 Å². The molecule has 0 fully saturated rings. The maximum Gasteiger partial charge on any atom is 0.251 e. The van der Waals surface area contributed by atoms with E-state index < -0.39 is 0 Å². The van der Waals surface area contributed by atoms with Crippen molar-refractivity contribution in [2.45, 2.75) is 0 Å². The van der Waals surface area contributed by atoms with E-state index in [0.717, 1.165) is 22.7 Å². The maximum absolute atomic E-state index is 2.75. The topological polar surface area (TPSA) is 11.4 Å². The van der Waals surface area contributed by atoms with Gasteiger partial charge < -0.3 is 14.4 Å². The molecule has 5 heterocycles. The van der Waals surface area contributed by atoms with Gasteiger partial charge in [0.05, 0.1) is 22.4 Å². The van der Waals surface area contributed by atoms with Crippen LogP contribution in [0.4, 0.5) is 34.1 Å². The first-order chi connectivity index (χ1) is 41.2. The lowest BCUT2D eigenvalue weighted by atomic mass is 9.32. The van der Waals surface area contributed by atoms with Crippen molar-refractivity contribution < 1.29 is 0 Å². The standard InChI is InChI=1S/C78H49B2N3/c1-7-23-50(24-8-1)54-39-41-66-62(43-54)64-45-56(52-27-11-3-12-28-52)47-71-74(64)79(66)68-49-73(82-69-37-21-19-35-60(69)61-36-20-22-38-70(61)82)78(81(58-31-15-5-16-32-58)59-33-17-6-18-34-59)76-77(68)83(71)72-48-57(53-29-13-4-14-30-53)46-65-63-44-55(51-25-9-2-10-26-51)40-42-67(63)80(76)75(65)72/h1-49H. The number of para-hydroxylation sites is 4. The third-order valence-electron chi connectivity index (χ3n) is 18.3. The van der Waals surface area contributed by atoms with Crippen molar-refractivity contribution in [1.82, 2.24) is 4.57 Å². The zero-order valence-corrected chi connectivity index (χ0v) is 45.3. The number of hydrogen-bond donors (Lipinski definition) is 0. The second-order valence-corrected chi connectivity index (χ2v) is 22.7. The molecule has 0 N–H and O–H groups in total. The summed E-state index contributed by atoms with van der Waals surface area (Å²) in [5.41, 5.74) is 33.3. The molecule has 0 amide bonds. The molecule has 0 bridgehead atoms. The van der Waals surface area contributed by atoms with Crippen LogP contribution in [-0.2, 0) is 0 Å². The van der Waals surface area contributed by atoms with Gasteiger partial charge in [-0.15, -0.1) is 0 Å². The predicted octanol–water partition coefficient (Wildman–Crippen LogP) is 16.0. The highest BCUT2D eigenvalue weighted by molar-refractivity contribution is 7.06. The number of hydrogen-bond acceptors (Lipinski definition) is 2. The molecule has 0 atom stereocenters. The van der Waals surface area contributed by atoms with Crippen LogP contribution < -0.4 is 42.6 Å². The van der Waals surface area contributed by atoms with Crippen LogP contribution in [0.1, 0.15) is 0 Å². The smallest absolute Gasteiger partial charge is 0.251 e. The number of nitrogens with zero attached hydrogens (tertiary/aromatic N) is 3. The lowest BCUT2D eigenvalue weighted by Gasteiger charge is -2.45. The third kappa shape index (κ3) is 6.77. The molecule has 5 heteroatoms. The Hall–Kier alpha value is -10.6. The normalized spacial score (nSPS) is 12.7. The maximum atomic E-state index is 2.75. The zero-order valence-electron chi connectivity index (χ0n) is 45.3. The molecule has 14 aromatic rings. The Morgan fingerprint density at radius 1 is 0.265 bits per heavy atom. The summed E-state index contributed by atoms with van der Waals surface area (Å²) in [7, 11) is 0. The van der Waals surface area contributed by atoms with E-state index in [0.29, 0.717) is 0 Å². The Morgan fingerprint density at radius 2 is 0.651 bits per heavy atom. The van der Waals surface area contributed by atoms with Gasteiger partial charge in [-0.05, 0) is 167 Å². The minimum absolute atomic E-state index is 0.0860. The highest BCUT2D eigenvalue weighted by atomic mass is 15.2. The van der Waals surface area contributed by atoms with Crippen molar-refractivity contribution >= 4 is 102 Å². The fourth-order valence-electron chi connectivity index (χ4n) is 14.9. The van der Waals surface area contributed by atoms with E-state index in [2.05, 4.69) is 312 Å². The van der Waals surface area contributed by atoms with Gasteiger partial charge in [0.25, 0.3) is 6.71 Å². The zero-order chi connectivity index (χ0) is 54.3.